The van der Waals surface area contributed by atoms with Crippen LogP contribution in [-0.4, -0.2) is 37.3 Å². The van der Waals surface area contributed by atoms with Gasteiger partial charge in [0.15, 0.2) is 5.11 Å². The Kier molecular flexibility index (Phi) is 7.67. The summed E-state index contributed by atoms with van der Waals surface area (Å²) in [5.74, 6) is -0.350. The predicted octanol–water partition coefficient (Wildman–Crippen LogP) is 4.73. The lowest BCUT2D eigenvalue weighted by Gasteiger charge is -2.20. The number of hydrogen-bond acceptors (Lipinski definition) is 4. The third-order valence-electron chi connectivity index (χ3n) is 4.15. The third kappa shape index (κ3) is 6.31. The van der Waals surface area contributed by atoms with Gasteiger partial charge in [-0.1, -0.05) is 19.9 Å². The van der Waals surface area contributed by atoms with Gasteiger partial charge in [0.25, 0.3) is 0 Å². The van der Waals surface area contributed by atoms with Crippen molar-refractivity contribution < 1.29 is 26.3 Å². The first-order valence-electron chi connectivity index (χ1n) is 9.01. The van der Waals surface area contributed by atoms with E-state index in [2.05, 4.69) is 15.4 Å². The highest BCUT2D eigenvalue weighted by Crippen LogP contribution is 2.25. The number of nitrogens with zero attached hydrogens (tertiary/aromatic N) is 1. The molecule has 0 heterocycles. The zero-order valence-electron chi connectivity index (χ0n) is 16.6. The van der Waals surface area contributed by atoms with E-state index in [0.29, 0.717) is 24.5 Å². The van der Waals surface area contributed by atoms with E-state index in [0.717, 1.165) is 17.7 Å². The van der Waals surface area contributed by atoms with E-state index < -0.39 is 16.4 Å². The molecule has 0 aromatic heterocycles. The van der Waals surface area contributed by atoms with Crippen LogP contribution in [0.25, 0.3) is 0 Å². The van der Waals surface area contributed by atoms with Crippen LogP contribution in [0.5, 0.6) is 5.75 Å². The SMILES string of the molecule is CCN(CC)S(=O)(=O)c1ccc(C)c(NC(=S)Nc2ccc(OC(F)(F)F)cc2)c1. The zero-order chi connectivity index (χ0) is 22.5. The van der Waals surface area contributed by atoms with Crippen molar-refractivity contribution in [2.75, 3.05) is 23.7 Å². The largest absolute Gasteiger partial charge is 0.573 e. The molecule has 0 amide bonds. The van der Waals surface area contributed by atoms with Gasteiger partial charge in [0.2, 0.25) is 10.0 Å². The van der Waals surface area contributed by atoms with Crippen molar-refractivity contribution in [2.45, 2.75) is 32.0 Å². The number of ether oxygens (including phenoxy) is 1. The van der Waals surface area contributed by atoms with Gasteiger partial charge in [-0.3, -0.25) is 0 Å². The molecule has 30 heavy (non-hydrogen) atoms. The maximum absolute atomic E-state index is 12.7. The van der Waals surface area contributed by atoms with Crippen LogP contribution in [0.2, 0.25) is 0 Å². The standard InChI is InChI=1S/C19H22F3N3O3S2/c1-4-25(5-2)30(26,27)16-11-6-13(3)17(12-16)24-18(29)23-14-7-9-15(10-8-14)28-19(20,21)22/h6-12H,4-5H2,1-3H3,(H2,23,24,29). The minimum atomic E-state index is -4.76. The lowest BCUT2D eigenvalue weighted by molar-refractivity contribution is -0.274. The summed E-state index contributed by atoms with van der Waals surface area (Å²) >= 11 is 5.24. The first-order valence-corrected chi connectivity index (χ1v) is 10.9. The van der Waals surface area contributed by atoms with Gasteiger partial charge in [0.1, 0.15) is 5.75 Å². The lowest BCUT2D eigenvalue weighted by Crippen LogP contribution is -2.30. The second kappa shape index (κ2) is 9.63. The van der Waals surface area contributed by atoms with E-state index in [1.807, 2.05) is 0 Å². The van der Waals surface area contributed by atoms with Gasteiger partial charge in [-0.05, 0) is 61.1 Å². The second-order valence-electron chi connectivity index (χ2n) is 6.22. The molecule has 0 fully saturated rings. The van der Waals surface area contributed by atoms with Crippen LogP contribution in [0.1, 0.15) is 19.4 Å². The molecule has 0 aliphatic rings. The highest BCUT2D eigenvalue weighted by molar-refractivity contribution is 7.89. The summed E-state index contributed by atoms with van der Waals surface area (Å²) in [7, 11) is -3.63. The first-order chi connectivity index (χ1) is 14.0. The molecule has 0 atom stereocenters. The van der Waals surface area contributed by atoms with Crippen LogP contribution in [0.3, 0.4) is 0 Å². The molecule has 2 aromatic rings. The fourth-order valence-electron chi connectivity index (χ4n) is 2.63. The van der Waals surface area contributed by atoms with Gasteiger partial charge in [0, 0.05) is 24.5 Å². The Bertz CT molecular complexity index is 990. The van der Waals surface area contributed by atoms with Crippen LogP contribution in [0.15, 0.2) is 47.4 Å². The number of nitrogens with one attached hydrogen (secondary N) is 2. The maximum Gasteiger partial charge on any atom is 0.573 e. The Morgan fingerprint density at radius 3 is 2.20 bits per heavy atom. The predicted molar refractivity (Wildman–Crippen MR) is 114 cm³/mol. The van der Waals surface area contributed by atoms with Gasteiger partial charge in [0.05, 0.1) is 4.90 Å². The van der Waals surface area contributed by atoms with E-state index in [1.54, 1.807) is 26.8 Å². The number of sulfonamides is 1. The second-order valence-corrected chi connectivity index (χ2v) is 8.56. The van der Waals surface area contributed by atoms with Crippen molar-refractivity contribution in [3.05, 3.63) is 48.0 Å². The average molecular weight is 462 g/mol. The monoisotopic (exact) mass is 461 g/mol. The van der Waals surface area contributed by atoms with Crippen molar-refractivity contribution in [1.82, 2.24) is 4.31 Å². The third-order valence-corrected chi connectivity index (χ3v) is 6.40. The van der Waals surface area contributed by atoms with Crippen LogP contribution < -0.4 is 15.4 Å². The molecule has 0 spiro atoms. The summed E-state index contributed by atoms with van der Waals surface area (Å²) in [6, 6.07) is 9.76. The van der Waals surface area contributed by atoms with Crippen molar-refractivity contribution >= 4 is 38.7 Å². The Morgan fingerprint density at radius 2 is 1.67 bits per heavy atom. The van der Waals surface area contributed by atoms with E-state index in [1.165, 1.54) is 28.6 Å². The molecule has 0 bridgehead atoms. The number of hydrogen-bond donors (Lipinski definition) is 2. The summed E-state index contributed by atoms with van der Waals surface area (Å²) < 4.78 is 67.3. The maximum atomic E-state index is 12.7. The Morgan fingerprint density at radius 1 is 1.07 bits per heavy atom. The van der Waals surface area contributed by atoms with Crippen molar-refractivity contribution in [3.63, 3.8) is 0 Å². The van der Waals surface area contributed by atoms with E-state index in [-0.39, 0.29) is 15.8 Å². The van der Waals surface area contributed by atoms with Gasteiger partial charge >= 0.3 is 6.36 Å². The molecule has 2 rings (SSSR count). The smallest absolute Gasteiger partial charge is 0.406 e. The fraction of sp³-hybridized carbons (Fsp3) is 0.316. The Labute approximate surface area is 179 Å². The van der Waals surface area contributed by atoms with E-state index >= 15 is 0 Å². The molecule has 11 heteroatoms. The zero-order valence-corrected chi connectivity index (χ0v) is 18.2. The van der Waals surface area contributed by atoms with Gasteiger partial charge in [-0.25, -0.2) is 8.42 Å². The average Bonchev–Trinajstić information content (AvgIpc) is 2.64. The summed E-state index contributed by atoms with van der Waals surface area (Å²) in [5, 5.41) is 5.91. The summed E-state index contributed by atoms with van der Waals surface area (Å²) in [5.41, 5.74) is 1.70. The molecule has 0 unspecified atom stereocenters. The van der Waals surface area contributed by atoms with E-state index in [9.17, 15) is 21.6 Å². The molecular formula is C19H22F3N3O3S2. The molecule has 164 valence electrons. The molecule has 6 nitrogen and oxygen atoms in total. The number of benzene rings is 2. The van der Waals surface area contributed by atoms with Crippen LogP contribution in [0.4, 0.5) is 24.5 Å². The molecule has 0 radical (unpaired) electrons. The van der Waals surface area contributed by atoms with Crippen molar-refractivity contribution in [2.24, 2.45) is 0 Å². The normalized spacial score (nSPS) is 12.0. The molecule has 0 aliphatic carbocycles. The topological polar surface area (TPSA) is 70.7 Å². The summed E-state index contributed by atoms with van der Waals surface area (Å²) in [6.45, 7) is 6.02. The molecule has 0 saturated heterocycles. The summed E-state index contributed by atoms with van der Waals surface area (Å²) in [6.07, 6.45) is -4.76. The number of rotatable bonds is 7. The number of anilines is 2. The van der Waals surface area contributed by atoms with Crippen LogP contribution in [-0.2, 0) is 10.0 Å². The highest BCUT2D eigenvalue weighted by atomic mass is 32.2. The Balaban J connectivity index is 2.13. The van der Waals surface area contributed by atoms with E-state index in [4.69, 9.17) is 12.2 Å². The highest BCUT2D eigenvalue weighted by Gasteiger charge is 2.31. The molecule has 2 aromatic carbocycles. The fourth-order valence-corrected chi connectivity index (χ4v) is 4.35. The van der Waals surface area contributed by atoms with Gasteiger partial charge in [-0.2, -0.15) is 4.31 Å². The van der Waals surface area contributed by atoms with Crippen molar-refractivity contribution in [3.8, 4) is 5.75 Å². The Hall–Kier alpha value is -2.37. The molecule has 0 saturated carbocycles. The lowest BCUT2D eigenvalue weighted by atomic mass is 10.2. The number of aryl methyl sites for hydroxylation is 1. The number of thiocarbonyl (C=S) groups is 1. The summed E-state index contributed by atoms with van der Waals surface area (Å²) in [4.78, 5) is 0.135. The molecular weight excluding hydrogens is 439 g/mol. The van der Waals surface area contributed by atoms with Crippen LogP contribution in [0, 0.1) is 6.92 Å². The minimum Gasteiger partial charge on any atom is -0.406 e. The quantitative estimate of drug-likeness (QED) is 0.581. The number of halogens is 3. The molecule has 0 aliphatic heterocycles. The van der Waals surface area contributed by atoms with Crippen LogP contribution >= 0.6 is 12.2 Å². The molecule has 2 N–H and O–H groups in total. The first kappa shape index (κ1) is 23.9. The van der Waals surface area contributed by atoms with Gasteiger partial charge < -0.3 is 15.4 Å². The number of alkyl halides is 3. The van der Waals surface area contributed by atoms with Crippen molar-refractivity contribution in [1.29, 1.82) is 0 Å². The van der Waals surface area contributed by atoms with Gasteiger partial charge in [-0.15, -0.1) is 13.2 Å². The minimum absolute atomic E-state index is 0.135.